The van der Waals surface area contributed by atoms with Crippen LogP contribution in [0.5, 0.6) is 0 Å². The fourth-order valence-electron chi connectivity index (χ4n) is 1.71. The lowest BCUT2D eigenvalue weighted by atomic mass is 9.94. The third kappa shape index (κ3) is 3.75. The molecule has 1 unspecified atom stereocenters. The molecule has 0 N–H and O–H groups in total. The number of allylic oxidation sites excluding steroid dienone is 4. The van der Waals surface area contributed by atoms with Gasteiger partial charge in [-0.2, -0.15) is 0 Å². The zero-order valence-electron chi connectivity index (χ0n) is 8.13. The van der Waals surface area contributed by atoms with Crippen LogP contribution in [0.3, 0.4) is 0 Å². The van der Waals surface area contributed by atoms with Crippen LogP contribution in [0.2, 0.25) is 0 Å². The molecular weight excluding hydrogens is 144 g/mol. The Bertz CT molecular complexity index is 153. The van der Waals surface area contributed by atoms with Crippen molar-refractivity contribution in [3.8, 4) is 0 Å². The summed E-state index contributed by atoms with van der Waals surface area (Å²) >= 11 is 0. The van der Waals surface area contributed by atoms with Crippen LogP contribution in [0, 0.1) is 5.92 Å². The van der Waals surface area contributed by atoms with Gasteiger partial charge in [0.05, 0.1) is 0 Å². The van der Waals surface area contributed by atoms with Gasteiger partial charge in [-0.15, -0.1) is 0 Å². The molecule has 0 saturated carbocycles. The van der Waals surface area contributed by atoms with Crippen molar-refractivity contribution in [1.29, 1.82) is 0 Å². The molecule has 0 aliphatic heterocycles. The van der Waals surface area contributed by atoms with Crippen molar-refractivity contribution < 1.29 is 0 Å². The predicted molar refractivity (Wildman–Crippen MR) is 55.1 cm³/mol. The van der Waals surface area contributed by atoms with Gasteiger partial charge in [-0.05, 0) is 25.2 Å². The summed E-state index contributed by atoms with van der Waals surface area (Å²) in [6, 6.07) is 0. The highest BCUT2D eigenvalue weighted by Gasteiger charge is 2.03. The molecule has 1 atom stereocenters. The Labute approximate surface area is 76.4 Å². The van der Waals surface area contributed by atoms with Gasteiger partial charge in [-0.3, -0.25) is 0 Å². The number of hydrogen-bond donors (Lipinski definition) is 0. The topological polar surface area (TPSA) is 0 Å². The first-order valence-electron chi connectivity index (χ1n) is 5.25. The molecule has 0 amide bonds. The summed E-state index contributed by atoms with van der Waals surface area (Å²) in [4.78, 5) is 0. The standard InChI is InChI=1S/C12H20/c1-2-12-10-8-6-4-3-5-7-9-11-12/h3-4,6,8,12H,2,5,7,9-11H2,1H3/b4-3-,8-6-. The van der Waals surface area contributed by atoms with Crippen molar-refractivity contribution in [2.75, 3.05) is 0 Å². The largest absolute Gasteiger partial charge is 0.0845 e. The highest BCUT2D eigenvalue weighted by molar-refractivity contribution is 5.03. The van der Waals surface area contributed by atoms with Gasteiger partial charge in [0.15, 0.2) is 0 Å². The maximum Gasteiger partial charge on any atom is -0.0319 e. The first kappa shape index (κ1) is 9.57. The highest BCUT2D eigenvalue weighted by atomic mass is 14.1. The van der Waals surface area contributed by atoms with Crippen molar-refractivity contribution in [1.82, 2.24) is 0 Å². The van der Waals surface area contributed by atoms with E-state index in [1.54, 1.807) is 0 Å². The molecule has 1 aliphatic rings. The predicted octanol–water partition coefficient (Wildman–Crippen LogP) is 4.09. The quantitative estimate of drug-likeness (QED) is 0.547. The molecule has 12 heavy (non-hydrogen) atoms. The van der Waals surface area contributed by atoms with E-state index in [1.807, 2.05) is 0 Å². The fourth-order valence-corrected chi connectivity index (χ4v) is 1.71. The molecule has 68 valence electrons. The van der Waals surface area contributed by atoms with E-state index in [4.69, 9.17) is 0 Å². The van der Waals surface area contributed by atoms with E-state index in [9.17, 15) is 0 Å². The third-order valence-corrected chi connectivity index (χ3v) is 2.66. The number of hydrogen-bond acceptors (Lipinski definition) is 0. The van der Waals surface area contributed by atoms with E-state index >= 15 is 0 Å². The summed E-state index contributed by atoms with van der Waals surface area (Å²) in [6.07, 6.45) is 17.1. The van der Waals surface area contributed by atoms with Gasteiger partial charge in [-0.1, -0.05) is 50.5 Å². The second kappa shape index (κ2) is 6.05. The summed E-state index contributed by atoms with van der Waals surface area (Å²) in [7, 11) is 0. The third-order valence-electron chi connectivity index (χ3n) is 2.66. The summed E-state index contributed by atoms with van der Waals surface area (Å²) in [6.45, 7) is 2.31. The summed E-state index contributed by atoms with van der Waals surface area (Å²) in [5.41, 5.74) is 0. The summed E-state index contributed by atoms with van der Waals surface area (Å²) in [5.74, 6) is 0.938. The molecule has 0 saturated heterocycles. The minimum Gasteiger partial charge on any atom is -0.0845 e. The zero-order chi connectivity index (χ0) is 8.65. The Morgan fingerprint density at radius 3 is 2.83 bits per heavy atom. The van der Waals surface area contributed by atoms with Crippen molar-refractivity contribution in [3.05, 3.63) is 24.3 Å². The average molecular weight is 164 g/mol. The van der Waals surface area contributed by atoms with Gasteiger partial charge in [0.25, 0.3) is 0 Å². The Morgan fingerprint density at radius 2 is 2.00 bits per heavy atom. The monoisotopic (exact) mass is 164 g/mol. The van der Waals surface area contributed by atoms with Crippen molar-refractivity contribution in [3.63, 3.8) is 0 Å². The Kier molecular flexibility index (Phi) is 4.82. The van der Waals surface area contributed by atoms with E-state index in [0.29, 0.717) is 0 Å². The van der Waals surface area contributed by atoms with E-state index in [0.717, 1.165) is 5.92 Å². The first-order chi connectivity index (χ1) is 5.93. The summed E-state index contributed by atoms with van der Waals surface area (Å²) < 4.78 is 0. The molecule has 1 rings (SSSR count). The minimum atomic E-state index is 0.938. The van der Waals surface area contributed by atoms with E-state index in [1.165, 1.54) is 38.5 Å². The number of rotatable bonds is 1. The van der Waals surface area contributed by atoms with E-state index in [-0.39, 0.29) is 0 Å². The Hall–Kier alpha value is -0.520. The molecule has 0 aromatic rings. The van der Waals surface area contributed by atoms with Gasteiger partial charge in [0.1, 0.15) is 0 Å². The van der Waals surface area contributed by atoms with Crippen LogP contribution in [0.4, 0.5) is 0 Å². The lowest BCUT2D eigenvalue weighted by Crippen LogP contribution is -1.97. The lowest BCUT2D eigenvalue weighted by molar-refractivity contribution is 0.451. The molecule has 1 aliphatic carbocycles. The van der Waals surface area contributed by atoms with Gasteiger partial charge in [0.2, 0.25) is 0 Å². The maximum absolute atomic E-state index is 2.32. The van der Waals surface area contributed by atoms with E-state index < -0.39 is 0 Å². The van der Waals surface area contributed by atoms with Crippen LogP contribution in [0.25, 0.3) is 0 Å². The van der Waals surface area contributed by atoms with Gasteiger partial charge < -0.3 is 0 Å². The van der Waals surface area contributed by atoms with Crippen LogP contribution in [-0.2, 0) is 0 Å². The van der Waals surface area contributed by atoms with Crippen LogP contribution in [-0.4, -0.2) is 0 Å². The molecule has 0 heteroatoms. The maximum atomic E-state index is 2.32. The van der Waals surface area contributed by atoms with Crippen LogP contribution in [0.15, 0.2) is 24.3 Å². The Morgan fingerprint density at radius 1 is 1.17 bits per heavy atom. The molecule has 0 aromatic carbocycles. The zero-order valence-corrected chi connectivity index (χ0v) is 8.13. The molecule has 0 bridgehead atoms. The molecule has 0 aromatic heterocycles. The van der Waals surface area contributed by atoms with Crippen molar-refractivity contribution in [2.24, 2.45) is 5.92 Å². The van der Waals surface area contributed by atoms with Crippen LogP contribution < -0.4 is 0 Å². The molecule has 0 nitrogen and oxygen atoms in total. The van der Waals surface area contributed by atoms with Crippen LogP contribution >= 0.6 is 0 Å². The minimum absolute atomic E-state index is 0.938. The molecule has 0 fully saturated rings. The van der Waals surface area contributed by atoms with Crippen molar-refractivity contribution >= 4 is 0 Å². The molecule has 0 heterocycles. The van der Waals surface area contributed by atoms with Gasteiger partial charge >= 0.3 is 0 Å². The van der Waals surface area contributed by atoms with Crippen molar-refractivity contribution in [2.45, 2.75) is 45.4 Å². The fraction of sp³-hybridized carbons (Fsp3) is 0.667. The molecule has 0 spiro atoms. The second-order valence-corrected chi connectivity index (χ2v) is 3.65. The van der Waals surface area contributed by atoms with Gasteiger partial charge in [-0.25, -0.2) is 0 Å². The summed E-state index contributed by atoms with van der Waals surface area (Å²) in [5, 5.41) is 0. The second-order valence-electron chi connectivity index (χ2n) is 3.65. The normalized spacial score (nSPS) is 30.9. The van der Waals surface area contributed by atoms with Gasteiger partial charge in [0, 0.05) is 0 Å². The molecule has 0 radical (unpaired) electrons. The van der Waals surface area contributed by atoms with Crippen LogP contribution in [0.1, 0.15) is 45.4 Å². The van der Waals surface area contributed by atoms with E-state index in [2.05, 4.69) is 31.2 Å². The highest BCUT2D eigenvalue weighted by Crippen LogP contribution is 2.18. The lowest BCUT2D eigenvalue weighted by Gasteiger charge is -2.12. The molecular formula is C12H20. The average Bonchev–Trinajstić information content (AvgIpc) is 2.14. The smallest absolute Gasteiger partial charge is 0.0319 e. The Balaban J connectivity index is 2.38. The first-order valence-corrected chi connectivity index (χ1v) is 5.25. The SMILES string of the molecule is CCC1C/C=C\C=C/CCCC1.